The molecule has 1 amide bonds. The number of anilines is 1. The van der Waals surface area contributed by atoms with Crippen molar-refractivity contribution in [3.8, 4) is 0 Å². The third kappa shape index (κ3) is 3.50. The van der Waals surface area contributed by atoms with Crippen molar-refractivity contribution in [2.75, 3.05) is 5.32 Å². The third-order valence-corrected chi connectivity index (χ3v) is 3.69. The zero-order valence-corrected chi connectivity index (χ0v) is 11.6. The van der Waals surface area contributed by atoms with Gasteiger partial charge in [0.15, 0.2) is 11.6 Å². The molecule has 1 N–H and O–H groups in total. The van der Waals surface area contributed by atoms with Crippen LogP contribution in [0.5, 0.6) is 0 Å². The fourth-order valence-electron chi connectivity index (χ4n) is 1.41. The number of benzene rings is 1. The van der Waals surface area contributed by atoms with Crippen molar-refractivity contribution in [2.45, 2.75) is 4.90 Å². The van der Waals surface area contributed by atoms with E-state index in [-0.39, 0.29) is 5.56 Å². The Hall–Kier alpha value is -2.13. The van der Waals surface area contributed by atoms with E-state index in [9.17, 15) is 22.0 Å². The monoisotopic (exact) mass is 333 g/mol. The van der Waals surface area contributed by atoms with Crippen LogP contribution in [0.15, 0.2) is 35.7 Å². The molecule has 1 heterocycles. The minimum atomic E-state index is -4.29. The predicted octanol–water partition coefficient (Wildman–Crippen LogP) is 1.93. The molecule has 21 heavy (non-hydrogen) atoms. The van der Waals surface area contributed by atoms with Crippen LogP contribution in [0.3, 0.4) is 0 Å². The molecule has 0 fully saturated rings. The number of hydrogen-bond donors (Lipinski definition) is 1. The highest BCUT2D eigenvalue weighted by Crippen LogP contribution is 2.25. The fourth-order valence-corrected chi connectivity index (χ4v) is 2.17. The average Bonchev–Trinajstić information content (AvgIpc) is 2.42. The maximum Gasteiger partial charge on any atom is 0.261 e. The van der Waals surface area contributed by atoms with Gasteiger partial charge in [-0.3, -0.25) is 4.79 Å². The summed E-state index contributed by atoms with van der Waals surface area (Å²) in [6, 6.07) is 1.01. The van der Waals surface area contributed by atoms with E-state index in [1.54, 1.807) is 0 Å². The number of nitrogens with zero attached hydrogens (tertiary/aromatic N) is 2. The van der Waals surface area contributed by atoms with Crippen LogP contribution in [-0.4, -0.2) is 24.3 Å². The molecule has 0 saturated heterocycles. The molecular formula is C11H6ClF2N3O3S. The summed E-state index contributed by atoms with van der Waals surface area (Å²) in [5, 5.41) is 1.97. The topological polar surface area (TPSA) is 89.0 Å². The minimum Gasteiger partial charge on any atom is -0.317 e. The van der Waals surface area contributed by atoms with Crippen molar-refractivity contribution in [1.82, 2.24) is 9.97 Å². The van der Waals surface area contributed by atoms with Crippen LogP contribution < -0.4 is 5.32 Å². The molecule has 0 aliphatic carbocycles. The van der Waals surface area contributed by atoms with Crippen LogP contribution >= 0.6 is 10.7 Å². The van der Waals surface area contributed by atoms with Gasteiger partial charge in [-0.25, -0.2) is 27.2 Å². The Bertz CT molecular complexity index is 777. The molecule has 0 saturated carbocycles. The summed E-state index contributed by atoms with van der Waals surface area (Å²) in [6.45, 7) is 0. The van der Waals surface area contributed by atoms with Crippen molar-refractivity contribution in [2.24, 2.45) is 0 Å². The van der Waals surface area contributed by atoms with Gasteiger partial charge in [0, 0.05) is 23.1 Å². The molecular weight excluding hydrogens is 328 g/mol. The van der Waals surface area contributed by atoms with Gasteiger partial charge < -0.3 is 5.32 Å². The highest BCUT2D eigenvalue weighted by atomic mass is 35.7. The second-order valence-corrected chi connectivity index (χ2v) is 6.35. The Balaban J connectivity index is 2.36. The molecule has 0 aliphatic rings. The normalized spacial score (nSPS) is 11.2. The first-order valence-corrected chi connectivity index (χ1v) is 7.60. The number of nitrogens with one attached hydrogen (secondary N) is 1. The van der Waals surface area contributed by atoms with E-state index in [2.05, 4.69) is 9.97 Å². The number of carbonyl (C=O) groups is 1. The SMILES string of the molecule is O=C(Nc1c(F)cc(S(=O)(=O)Cl)cc1F)c1cncnc1. The van der Waals surface area contributed by atoms with E-state index >= 15 is 0 Å². The van der Waals surface area contributed by atoms with Gasteiger partial charge in [0.1, 0.15) is 12.0 Å². The van der Waals surface area contributed by atoms with Crippen LogP contribution in [0.4, 0.5) is 14.5 Å². The summed E-state index contributed by atoms with van der Waals surface area (Å²) >= 11 is 0. The molecule has 6 nitrogen and oxygen atoms in total. The molecule has 0 radical (unpaired) electrons. The lowest BCUT2D eigenvalue weighted by atomic mass is 10.2. The molecule has 0 aliphatic heterocycles. The summed E-state index contributed by atoms with van der Waals surface area (Å²) in [7, 11) is 0.706. The smallest absolute Gasteiger partial charge is 0.261 e. The number of rotatable bonds is 3. The van der Waals surface area contributed by atoms with Crippen molar-refractivity contribution in [3.05, 3.63) is 48.1 Å². The largest absolute Gasteiger partial charge is 0.317 e. The molecule has 0 unspecified atom stereocenters. The lowest BCUT2D eigenvalue weighted by Gasteiger charge is -2.08. The molecule has 0 bridgehead atoms. The molecule has 1 aromatic heterocycles. The molecule has 1 aromatic carbocycles. The van der Waals surface area contributed by atoms with E-state index in [1.165, 1.54) is 6.33 Å². The van der Waals surface area contributed by atoms with E-state index in [0.29, 0.717) is 12.1 Å². The summed E-state index contributed by atoms with van der Waals surface area (Å²) in [4.78, 5) is 18.1. The quantitative estimate of drug-likeness (QED) is 0.867. The molecule has 2 aromatic rings. The van der Waals surface area contributed by atoms with Gasteiger partial charge in [0.05, 0.1) is 10.5 Å². The second-order valence-electron chi connectivity index (χ2n) is 3.78. The summed E-state index contributed by atoms with van der Waals surface area (Å²) in [5.74, 6) is -3.41. The van der Waals surface area contributed by atoms with Gasteiger partial charge in [-0.1, -0.05) is 0 Å². The maximum absolute atomic E-state index is 13.7. The Labute approximate surface area is 122 Å². The third-order valence-electron chi connectivity index (χ3n) is 2.36. The highest BCUT2D eigenvalue weighted by molar-refractivity contribution is 8.13. The van der Waals surface area contributed by atoms with Crippen molar-refractivity contribution < 1.29 is 22.0 Å². The van der Waals surface area contributed by atoms with Gasteiger partial charge in [-0.2, -0.15) is 0 Å². The van der Waals surface area contributed by atoms with Crippen LogP contribution in [0.2, 0.25) is 0 Å². The summed E-state index contributed by atoms with van der Waals surface area (Å²) < 4.78 is 49.5. The lowest BCUT2D eigenvalue weighted by molar-refractivity contribution is 0.102. The molecule has 2 rings (SSSR count). The number of carbonyl (C=O) groups excluding carboxylic acids is 1. The van der Waals surface area contributed by atoms with Gasteiger partial charge in [-0.05, 0) is 12.1 Å². The average molecular weight is 334 g/mol. The lowest BCUT2D eigenvalue weighted by Crippen LogP contribution is -2.15. The fraction of sp³-hybridized carbons (Fsp3) is 0. The van der Waals surface area contributed by atoms with Crippen LogP contribution in [0.25, 0.3) is 0 Å². The number of aromatic nitrogens is 2. The minimum absolute atomic E-state index is 0.0228. The predicted molar refractivity (Wildman–Crippen MR) is 69.4 cm³/mol. The summed E-state index contributed by atoms with van der Waals surface area (Å²) in [6.07, 6.45) is 3.48. The van der Waals surface area contributed by atoms with Crippen molar-refractivity contribution >= 4 is 31.3 Å². The van der Waals surface area contributed by atoms with Crippen LogP contribution in [0.1, 0.15) is 10.4 Å². The van der Waals surface area contributed by atoms with E-state index < -0.39 is 37.2 Å². The number of halogens is 3. The first-order valence-electron chi connectivity index (χ1n) is 5.29. The second kappa shape index (κ2) is 5.70. The standard InChI is InChI=1S/C11H6ClF2N3O3S/c12-21(19,20)7-1-8(13)10(9(14)2-7)17-11(18)6-3-15-5-16-4-6/h1-5H,(H,17,18). The molecule has 110 valence electrons. The van der Waals surface area contributed by atoms with Gasteiger partial charge in [0.2, 0.25) is 0 Å². The van der Waals surface area contributed by atoms with E-state index in [4.69, 9.17) is 10.7 Å². The van der Waals surface area contributed by atoms with Gasteiger partial charge >= 0.3 is 0 Å². The first-order chi connectivity index (χ1) is 9.79. The van der Waals surface area contributed by atoms with Crippen LogP contribution in [0, 0.1) is 11.6 Å². The van der Waals surface area contributed by atoms with Gasteiger partial charge in [0.25, 0.3) is 15.0 Å². The molecule has 10 heteroatoms. The zero-order chi connectivity index (χ0) is 15.6. The van der Waals surface area contributed by atoms with Crippen LogP contribution in [-0.2, 0) is 9.05 Å². The highest BCUT2D eigenvalue weighted by Gasteiger charge is 2.20. The Morgan fingerprint density at radius 1 is 1.14 bits per heavy atom. The zero-order valence-electron chi connectivity index (χ0n) is 10.0. The molecule has 0 atom stereocenters. The van der Waals surface area contributed by atoms with E-state index in [1.807, 2.05) is 5.32 Å². The number of hydrogen-bond acceptors (Lipinski definition) is 5. The summed E-state index contributed by atoms with van der Waals surface area (Å²) in [5.41, 5.74) is -0.821. The Morgan fingerprint density at radius 2 is 1.67 bits per heavy atom. The number of amides is 1. The van der Waals surface area contributed by atoms with Crippen molar-refractivity contribution in [3.63, 3.8) is 0 Å². The van der Waals surface area contributed by atoms with Gasteiger partial charge in [-0.15, -0.1) is 0 Å². The van der Waals surface area contributed by atoms with E-state index in [0.717, 1.165) is 12.4 Å². The molecule has 0 spiro atoms. The first kappa shape index (κ1) is 15.3. The Kier molecular flexibility index (Phi) is 4.14. The van der Waals surface area contributed by atoms with Crippen molar-refractivity contribution in [1.29, 1.82) is 0 Å². The Morgan fingerprint density at radius 3 is 2.14 bits per heavy atom. The maximum atomic E-state index is 13.7.